The Bertz CT molecular complexity index is 274. The van der Waals surface area contributed by atoms with Crippen LogP contribution in [-0.4, -0.2) is 56.8 Å². The van der Waals surface area contributed by atoms with Gasteiger partial charge in [-0.25, -0.2) is 0 Å². The molecule has 0 atom stereocenters. The first-order chi connectivity index (χ1) is 10.7. The van der Waals surface area contributed by atoms with E-state index in [0.717, 1.165) is 38.8 Å². The predicted molar refractivity (Wildman–Crippen MR) is 122 cm³/mol. The SMILES string of the molecule is C=CC#N.CO.CO.COC=N.COC=N.Cl.Cl.Cl.Cl.N#CCCCBr.[H-].[Na+]. The summed E-state index contributed by atoms with van der Waals surface area (Å²) >= 11 is 3.20. The molecule has 27 heavy (non-hydrogen) atoms. The maximum Gasteiger partial charge on any atom is 1.00 e. The van der Waals surface area contributed by atoms with Crippen LogP contribution in [0.25, 0.3) is 0 Å². The van der Waals surface area contributed by atoms with E-state index in [0.29, 0.717) is 6.42 Å². The Morgan fingerprint density at radius 3 is 1.26 bits per heavy atom. The van der Waals surface area contributed by atoms with Gasteiger partial charge in [-0.2, -0.15) is 10.5 Å². The number of alkyl halides is 1. The number of hydrogen-bond donors (Lipinski definition) is 4. The van der Waals surface area contributed by atoms with Crippen LogP contribution in [0.3, 0.4) is 0 Å². The summed E-state index contributed by atoms with van der Waals surface area (Å²) in [6.07, 6.45) is 4.57. The molecule has 0 aromatic rings. The second-order valence-electron chi connectivity index (χ2n) is 1.99. The zero-order valence-corrected chi connectivity index (χ0v) is 23.0. The molecule has 0 fully saturated rings. The minimum Gasteiger partial charge on any atom is -1.00 e. The number of aliphatic hydroxyl groups is 2. The molecule has 0 saturated carbocycles. The molecule has 0 heterocycles. The van der Waals surface area contributed by atoms with Gasteiger partial charge in [-0.3, -0.25) is 10.8 Å². The molecular formula is C13H32BrCl4N4NaO4. The molecule has 0 bridgehead atoms. The van der Waals surface area contributed by atoms with E-state index in [2.05, 4.69) is 32.0 Å². The van der Waals surface area contributed by atoms with Crippen LogP contribution in [0.15, 0.2) is 12.7 Å². The first-order valence-electron chi connectivity index (χ1n) is 5.52. The van der Waals surface area contributed by atoms with Crippen LogP contribution in [0.1, 0.15) is 14.3 Å². The number of ether oxygens (including phenoxy) is 2. The largest absolute Gasteiger partial charge is 1.00 e. The summed E-state index contributed by atoms with van der Waals surface area (Å²) in [5.41, 5.74) is 0. The molecule has 0 saturated heterocycles. The van der Waals surface area contributed by atoms with Gasteiger partial charge in [0.2, 0.25) is 0 Å². The number of allylic oxidation sites excluding steroid dienone is 1. The third-order valence-electron chi connectivity index (χ3n) is 0.749. The molecule has 0 amide bonds. The van der Waals surface area contributed by atoms with Gasteiger partial charge in [0.25, 0.3) is 0 Å². The quantitative estimate of drug-likeness (QED) is 0.101. The van der Waals surface area contributed by atoms with Gasteiger partial charge in [-0.05, 0) is 6.42 Å². The van der Waals surface area contributed by atoms with Crippen molar-refractivity contribution in [2.24, 2.45) is 0 Å². The van der Waals surface area contributed by atoms with Crippen LogP contribution >= 0.6 is 65.6 Å². The average Bonchev–Trinajstić information content (AvgIpc) is 2.63. The van der Waals surface area contributed by atoms with Gasteiger partial charge in [-0.1, -0.05) is 22.5 Å². The van der Waals surface area contributed by atoms with Crippen LogP contribution in [0.2, 0.25) is 0 Å². The maximum absolute atomic E-state index is 7.93. The number of halogens is 5. The van der Waals surface area contributed by atoms with E-state index in [1.165, 1.54) is 20.3 Å². The predicted octanol–water partition coefficient (Wildman–Crippen LogP) is 0.881. The molecule has 0 unspecified atom stereocenters. The molecule has 0 aromatic carbocycles. The minimum absolute atomic E-state index is 0. The first-order valence-corrected chi connectivity index (χ1v) is 6.65. The van der Waals surface area contributed by atoms with Gasteiger partial charge in [-0.15, -0.1) is 49.6 Å². The molecule has 0 aliphatic rings. The molecule has 164 valence electrons. The van der Waals surface area contributed by atoms with E-state index in [9.17, 15) is 0 Å². The number of hydrogen-bond acceptors (Lipinski definition) is 8. The smallest absolute Gasteiger partial charge is 1.00 e. The number of aliphatic hydroxyl groups excluding tert-OH is 2. The van der Waals surface area contributed by atoms with E-state index in [1.807, 2.05) is 6.07 Å². The van der Waals surface area contributed by atoms with E-state index in [1.54, 1.807) is 6.07 Å². The molecular weight excluding hydrogens is 521 g/mol. The molecule has 14 heteroatoms. The Kier molecular flexibility index (Phi) is 421. The number of nitrogens with one attached hydrogen (secondary N) is 2. The maximum atomic E-state index is 7.93. The molecule has 0 aliphatic heterocycles. The van der Waals surface area contributed by atoms with Crippen LogP contribution in [0, 0.1) is 33.5 Å². The fraction of sp³-hybridized carbons (Fsp3) is 0.538. The van der Waals surface area contributed by atoms with Gasteiger partial charge in [0.05, 0.1) is 26.4 Å². The summed E-state index contributed by atoms with van der Waals surface area (Å²) in [5, 5.41) is 42.6. The van der Waals surface area contributed by atoms with Gasteiger partial charge in [0.1, 0.15) is 0 Å². The Balaban J connectivity index is -0.0000000109. The van der Waals surface area contributed by atoms with Crippen molar-refractivity contribution in [3.05, 3.63) is 12.7 Å². The second-order valence-corrected chi connectivity index (χ2v) is 2.78. The summed E-state index contributed by atoms with van der Waals surface area (Å²) < 4.78 is 8.17. The zero-order chi connectivity index (χ0) is 19.1. The Labute approximate surface area is 220 Å². The molecule has 4 N–H and O–H groups in total. The molecule has 0 rings (SSSR count). The topological polar surface area (TPSA) is 154 Å². The number of methoxy groups -OCH3 is 2. The Morgan fingerprint density at radius 1 is 1.00 bits per heavy atom. The van der Waals surface area contributed by atoms with Crippen LogP contribution < -0.4 is 29.6 Å². The number of unbranched alkanes of at least 4 members (excludes halogenated alkanes) is 1. The monoisotopic (exact) mass is 550 g/mol. The van der Waals surface area contributed by atoms with Crippen molar-refractivity contribution in [1.29, 1.82) is 21.3 Å². The third-order valence-corrected chi connectivity index (χ3v) is 1.31. The third kappa shape index (κ3) is 398. The van der Waals surface area contributed by atoms with Crippen molar-refractivity contribution < 1.29 is 50.7 Å². The van der Waals surface area contributed by atoms with E-state index < -0.39 is 0 Å². The standard InChI is InChI=1S/C4H6BrN.C3H3N.2C2H5NO.2CH4O.4ClH.Na.H/c5-3-1-2-4-6;1-2-3-4;2*1-4-2-3;2*1-2;;;;;;/h1-3H2;2H,1H2;2*2-3H,1H3;2*2H,1H3;4*1H;;/q;;;;;;;;;;+1;-1. The van der Waals surface area contributed by atoms with Crippen LogP contribution in [-0.2, 0) is 9.47 Å². The summed E-state index contributed by atoms with van der Waals surface area (Å²) in [7, 11) is 4.88. The number of rotatable bonds is 4. The molecule has 8 nitrogen and oxygen atoms in total. The normalized spacial score (nSPS) is 4.19. The Hall–Kier alpha value is 0.220. The van der Waals surface area contributed by atoms with Crippen LogP contribution in [0.5, 0.6) is 0 Å². The summed E-state index contributed by atoms with van der Waals surface area (Å²) in [6.45, 7) is 3.12. The van der Waals surface area contributed by atoms with Gasteiger partial charge >= 0.3 is 29.6 Å². The molecule has 0 spiro atoms. The second kappa shape index (κ2) is 160. The van der Waals surface area contributed by atoms with Crippen molar-refractivity contribution in [1.82, 2.24) is 0 Å². The average molecular weight is 553 g/mol. The van der Waals surface area contributed by atoms with Crippen molar-refractivity contribution in [2.45, 2.75) is 12.8 Å². The summed E-state index contributed by atoms with van der Waals surface area (Å²) in [5.74, 6) is 0. The van der Waals surface area contributed by atoms with Crippen molar-refractivity contribution in [3.63, 3.8) is 0 Å². The van der Waals surface area contributed by atoms with Gasteiger partial charge in [0, 0.05) is 32.0 Å². The van der Waals surface area contributed by atoms with Crippen LogP contribution in [0.4, 0.5) is 0 Å². The van der Waals surface area contributed by atoms with E-state index in [4.69, 9.17) is 31.6 Å². The van der Waals surface area contributed by atoms with E-state index in [-0.39, 0.29) is 80.6 Å². The van der Waals surface area contributed by atoms with E-state index >= 15 is 0 Å². The fourth-order valence-electron chi connectivity index (χ4n) is 0.146. The molecule has 0 radical (unpaired) electrons. The fourth-order valence-corrected chi connectivity index (χ4v) is 0.426. The van der Waals surface area contributed by atoms with Gasteiger partial charge in [0.15, 0.2) is 12.8 Å². The Morgan fingerprint density at radius 2 is 1.22 bits per heavy atom. The number of nitriles is 2. The van der Waals surface area contributed by atoms with Gasteiger partial charge < -0.3 is 21.1 Å². The summed E-state index contributed by atoms with van der Waals surface area (Å²) in [4.78, 5) is 0. The van der Waals surface area contributed by atoms with Crippen molar-refractivity contribution in [3.8, 4) is 12.1 Å². The first kappa shape index (κ1) is 71.1. The zero-order valence-electron chi connectivity index (χ0n) is 17.2. The molecule has 0 aromatic heterocycles. The van der Waals surface area contributed by atoms with Crippen molar-refractivity contribution in [2.75, 3.05) is 33.8 Å². The molecule has 0 aliphatic carbocycles. The number of nitrogens with zero attached hydrogens (tertiary/aromatic N) is 2. The summed E-state index contributed by atoms with van der Waals surface area (Å²) in [6, 6.07) is 3.73. The minimum atomic E-state index is 0. The van der Waals surface area contributed by atoms with Crippen molar-refractivity contribution >= 4 is 78.4 Å².